The second kappa shape index (κ2) is 6.76. The molecule has 3 heterocycles. The van der Waals surface area contributed by atoms with Gasteiger partial charge in [-0.15, -0.1) is 0 Å². The Morgan fingerprint density at radius 2 is 1.97 bits per heavy atom. The molecule has 1 aliphatic rings. The molecule has 1 aromatic carbocycles. The molecule has 1 aliphatic carbocycles. The van der Waals surface area contributed by atoms with Crippen LogP contribution in [0.25, 0.3) is 11.7 Å². The minimum atomic E-state index is -0.744. The molecule has 1 fully saturated rings. The SMILES string of the molecule is O=c1[nH]c(O)c(/C=c2\cnn3c(=NC4CC4)nc(Nc4cc(F)cc(F)c4)nc23)[nH]1. The van der Waals surface area contributed by atoms with E-state index in [2.05, 4.69) is 35.3 Å². The lowest BCUT2D eigenvalue weighted by atomic mass is 10.3. The quantitative estimate of drug-likeness (QED) is 0.385. The van der Waals surface area contributed by atoms with Crippen LogP contribution in [0.3, 0.4) is 0 Å². The Morgan fingerprint density at radius 1 is 1.20 bits per heavy atom. The Balaban J connectivity index is 1.68. The Hall–Kier alpha value is -4.09. The number of rotatable bonds is 4. The van der Waals surface area contributed by atoms with Crippen molar-refractivity contribution in [3.05, 3.63) is 63.0 Å². The van der Waals surface area contributed by atoms with E-state index in [-0.39, 0.29) is 34.9 Å². The number of H-pyrrole nitrogens is 2. The van der Waals surface area contributed by atoms with Crippen LogP contribution in [0, 0.1) is 11.6 Å². The highest BCUT2D eigenvalue weighted by Crippen LogP contribution is 2.22. The van der Waals surface area contributed by atoms with Crippen molar-refractivity contribution in [3.8, 4) is 5.88 Å². The van der Waals surface area contributed by atoms with Gasteiger partial charge in [-0.1, -0.05) is 0 Å². The number of aromatic nitrogens is 6. The molecule has 30 heavy (non-hydrogen) atoms. The predicted octanol–water partition coefficient (Wildman–Crippen LogP) is 0.479. The van der Waals surface area contributed by atoms with Crippen molar-refractivity contribution >= 4 is 23.4 Å². The molecule has 1 saturated carbocycles. The molecule has 10 nitrogen and oxygen atoms in total. The summed E-state index contributed by atoms with van der Waals surface area (Å²) in [7, 11) is 0. The van der Waals surface area contributed by atoms with E-state index in [4.69, 9.17) is 0 Å². The van der Waals surface area contributed by atoms with E-state index in [0.29, 0.717) is 10.9 Å². The van der Waals surface area contributed by atoms with Gasteiger partial charge in [0.25, 0.3) is 5.62 Å². The molecule has 0 bridgehead atoms. The van der Waals surface area contributed by atoms with Gasteiger partial charge in [0.15, 0.2) is 5.65 Å². The highest BCUT2D eigenvalue weighted by Gasteiger charge is 2.21. The average molecular weight is 412 g/mol. The fraction of sp³-hybridized carbons (Fsp3) is 0.167. The summed E-state index contributed by atoms with van der Waals surface area (Å²) in [6, 6.07) is 3.11. The first-order valence-corrected chi connectivity index (χ1v) is 9.00. The second-order valence-corrected chi connectivity index (χ2v) is 6.81. The molecule has 152 valence electrons. The van der Waals surface area contributed by atoms with Crippen molar-refractivity contribution in [1.29, 1.82) is 0 Å². The van der Waals surface area contributed by atoms with E-state index in [1.807, 2.05) is 0 Å². The van der Waals surface area contributed by atoms with Crippen LogP contribution in [0.5, 0.6) is 5.88 Å². The van der Waals surface area contributed by atoms with Gasteiger partial charge >= 0.3 is 5.69 Å². The third-order valence-corrected chi connectivity index (χ3v) is 4.38. The maximum atomic E-state index is 13.5. The van der Waals surface area contributed by atoms with Crippen LogP contribution in [0.2, 0.25) is 0 Å². The number of fused-ring (bicyclic) bond motifs is 1. The van der Waals surface area contributed by atoms with Gasteiger partial charge in [0.1, 0.15) is 17.3 Å². The zero-order valence-corrected chi connectivity index (χ0v) is 15.2. The largest absolute Gasteiger partial charge is 0.493 e. The minimum absolute atomic E-state index is 0.0637. The van der Waals surface area contributed by atoms with Crippen molar-refractivity contribution < 1.29 is 13.9 Å². The van der Waals surface area contributed by atoms with Gasteiger partial charge in [0.05, 0.1) is 12.2 Å². The molecule has 0 aliphatic heterocycles. The van der Waals surface area contributed by atoms with Gasteiger partial charge in [-0.05, 0) is 31.1 Å². The summed E-state index contributed by atoms with van der Waals surface area (Å²) in [6.07, 6.45) is 4.82. The standard InChI is InChI=1S/C18H14F2N8O2/c19-9-4-10(20)6-12(5-9)22-16-25-14-8(3-13-15(29)26-18(30)24-13)7-21-28(14)17(27-16)23-11-1-2-11/h3-7,11,29H,1-2H2,(H,22,23,27)(H2,24,26,30)/b8-3+. The van der Waals surface area contributed by atoms with Crippen molar-refractivity contribution in [3.63, 3.8) is 0 Å². The van der Waals surface area contributed by atoms with Gasteiger partial charge in [-0.2, -0.15) is 19.6 Å². The fourth-order valence-corrected chi connectivity index (χ4v) is 2.89. The van der Waals surface area contributed by atoms with E-state index in [1.54, 1.807) is 0 Å². The molecule has 0 amide bonds. The van der Waals surface area contributed by atoms with E-state index >= 15 is 0 Å². The zero-order valence-electron chi connectivity index (χ0n) is 15.2. The maximum Gasteiger partial charge on any atom is 0.326 e. The first-order valence-electron chi connectivity index (χ1n) is 9.00. The molecule has 5 rings (SSSR count). The molecule has 4 aromatic rings. The molecule has 0 radical (unpaired) electrons. The van der Waals surface area contributed by atoms with E-state index < -0.39 is 17.3 Å². The Morgan fingerprint density at radius 3 is 2.63 bits per heavy atom. The first kappa shape index (κ1) is 18.0. The highest BCUT2D eigenvalue weighted by molar-refractivity contribution is 5.59. The monoisotopic (exact) mass is 412 g/mol. The van der Waals surface area contributed by atoms with Gasteiger partial charge in [-0.3, -0.25) is 4.98 Å². The number of hydrogen-bond donors (Lipinski definition) is 4. The number of anilines is 2. The number of halogens is 2. The molecule has 3 aromatic heterocycles. The summed E-state index contributed by atoms with van der Waals surface area (Å²) in [6.45, 7) is 0. The molecule has 0 atom stereocenters. The predicted molar refractivity (Wildman–Crippen MR) is 101 cm³/mol. The summed E-state index contributed by atoms with van der Waals surface area (Å²) in [5.41, 5.74) is 0.311. The molecule has 0 spiro atoms. The zero-order chi connectivity index (χ0) is 20.8. The second-order valence-electron chi connectivity index (χ2n) is 6.81. The van der Waals surface area contributed by atoms with Crippen LogP contribution in [-0.4, -0.2) is 40.7 Å². The number of benzene rings is 1. The van der Waals surface area contributed by atoms with Gasteiger partial charge < -0.3 is 15.4 Å². The average Bonchev–Trinajstić information content (AvgIpc) is 3.30. The van der Waals surface area contributed by atoms with Gasteiger partial charge in [0.2, 0.25) is 11.8 Å². The van der Waals surface area contributed by atoms with Crippen LogP contribution in [0.15, 0.2) is 34.2 Å². The Kier molecular flexibility index (Phi) is 4.05. The Labute approximate surface area is 165 Å². The van der Waals surface area contributed by atoms with Crippen molar-refractivity contribution in [2.24, 2.45) is 4.99 Å². The number of imidazole rings is 1. The molecule has 0 saturated heterocycles. The number of aromatic amines is 2. The Bertz CT molecular complexity index is 1430. The molecule has 4 N–H and O–H groups in total. The lowest BCUT2D eigenvalue weighted by molar-refractivity contribution is 0.454. The summed E-state index contributed by atoms with van der Waals surface area (Å²) in [5, 5.41) is 17.3. The number of hydrogen-bond acceptors (Lipinski definition) is 7. The van der Waals surface area contributed by atoms with Gasteiger partial charge in [0, 0.05) is 17.0 Å². The van der Waals surface area contributed by atoms with Crippen LogP contribution < -0.4 is 21.8 Å². The maximum absolute atomic E-state index is 13.5. The smallest absolute Gasteiger partial charge is 0.326 e. The van der Waals surface area contributed by atoms with E-state index in [1.165, 1.54) is 16.8 Å². The molecular formula is C18H14F2N8O2. The van der Waals surface area contributed by atoms with E-state index in [0.717, 1.165) is 31.0 Å². The van der Waals surface area contributed by atoms with Crippen molar-refractivity contribution in [2.75, 3.05) is 5.32 Å². The summed E-state index contributed by atoms with van der Waals surface area (Å²) in [4.78, 5) is 29.2. The van der Waals surface area contributed by atoms with Crippen LogP contribution >= 0.6 is 0 Å². The molecule has 0 unspecified atom stereocenters. The fourth-order valence-electron chi connectivity index (χ4n) is 2.89. The number of nitrogens with one attached hydrogen (secondary N) is 3. The number of aromatic hydroxyl groups is 1. The van der Waals surface area contributed by atoms with Crippen LogP contribution in [-0.2, 0) is 0 Å². The van der Waals surface area contributed by atoms with Crippen LogP contribution in [0.1, 0.15) is 18.5 Å². The molecular weight excluding hydrogens is 398 g/mol. The first-order chi connectivity index (χ1) is 14.4. The van der Waals surface area contributed by atoms with Crippen LogP contribution in [0.4, 0.5) is 20.4 Å². The normalized spacial score (nSPS) is 15.3. The van der Waals surface area contributed by atoms with Gasteiger partial charge in [-0.25, -0.2) is 18.6 Å². The van der Waals surface area contributed by atoms with Crippen molar-refractivity contribution in [2.45, 2.75) is 18.9 Å². The lowest BCUT2D eigenvalue weighted by Crippen LogP contribution is -2.24. The van der Waals surface area contributed by atoms with Crippen molar-refractivity contribution in [1.82, 2.24) is 29.5 Å². The summed E-state index contributed by atoms with van der Waals surface area (Å²) in [5.74, 6) is -1.75. The third kappa shape index (κ3) is 3.50. The summed E-state index contributed by atoms with van der Waals surface area (Å²) < 4.78 is 28.5. The topological polar surface area (TPSA) is 136 Å². The third-order valence-electron chi connectivity index (χ3n) is 4.38. The number of nitrogens with zero attached hydrogens (tertiary/aromatic N) is 5. The molecule has 12 heteroatoms. The summed E-state index contributed by atoms with van der Waals surface area (Å²) >= 11 is 0. The highest BCUT2D eigenvalue weighted by atomic mass is 19.1. The van der Waals surface area contributed by atoms with E-state index in [9.17, 15) is 18.7 Å². The minimum Gasteiger partial charge on any atom is -0.493 e. The lowest BCUT2D eigenvalue weighted by Gasteiger charge is -2.06.